The Morgan fingerprint density at radius 3 is 2.43 bits per heavy atom. The zero-order valence-electron chi connectivity index (χ0n) is 7.72. The summed E-state index contributed by atoms with van der Waals surface area (Å²) in [6, 6.07) is 0. The maximum absolute atomic E-state index is 12.4. The third kappa shape index (κ3) is 1.94. The number of hydrogen-bond donors (Lipinski definition) is 0. The molecule has 0 unspecified atom stereocenters. The first kappa shape index (κ1) is 10.7. The van der Waals surface area contributed by atoms with Gasteiger partial charge >= 0.3 is 6.18 Å². The molecule has 0 aliphatic carbocycles. The standard InChI is InChI=1S/C8H9F3N2O/c1-3-5-6(8(9,10)11)12-4-13-7(5)14-2/h4H,3H2,1-2H3. The van der Waals surface area contributed by atoms with Crippen molar-refractivity contribution < 1.29 is 17.9 Å². The van der Waals surface area contributed by atoms with E-state index in [-0.39, 0.29) is 17.9 Å². The molecule has 1 aromatic rings. The lowest BCUT2D eigenvalue weighted by Gasteiger charge is -2.12. The maximum Gasteiger partial charge on any atom is 0.433 e. The fraction of sp³-hybridized carbons (Fsp3) is 0.500. The van der Waals surface area contributed by atoms with Crippen LogP contribution in [0.1, 0.15) is 18.2 Å². The molecule has 1 rings (SSSR count). The highest BCUT2D eigenvalue weighted by atomic mass is 19.4. The molecule has 0 amide bonds. The van der Waals surface area contributed by atoms with Crippen molar-refractivity contribution in [3.8, 4) is 5.88 Å². The van der Waals surface area contributed by atoms with Crippen molar-refractivity contribution in [1.82, 2.24) is 9.97 Å². The third-order valence-electron chi connectivity index (χ3n) is 1.72. The monoisotopic (exact) mass is 206 g/mol. The maximum atomic E-state index is 12.4. The van der Waals surface area contributed by atoms with Crippen molar-refractivity contribution in [3.05, 3.63) is 17.6 Å². The summed E-state index contributed by atoms with van der Waals surface area (Å²) >= 11 is 0. The lowest BCUT2D eigenvalue weighted by atomic mass is 10.1. The van der Waals surface area contributed by atoms with E-state index in [9.17, 15) is 13.2 Å². The number of ether oxygens (including phenoxy) is 1. The third-order valence-corrected chi connectivity index (χ3v) is 1.72. The van der Waals surface area contributed by atoms with Crippen molar-refractivity contribution in [2.24, 2.45) is 0 Å². The van der Waals surface area contributed by atoms with Crippen LogP contribution < -0.4 is 4.74 Å². The molecule has 0 bridgehead atoms. The van der Waals surface area contributed by atoms with E-state index < -0.39 is 11.9 Å². The second kappa shape index (κ2) is 3.81. The first-order chi connectivity index (χ1) is 6.50. The number of hydrogen-bond acceptors (Lipinski definition) is 3. The average molecular weight is 206 g/mol. The smallest absolute Gasteiger partial charge is 0.433 e. The molecule has 0 aliphatic rings. The zero-order chi connectivity index (χ0) is 10.8. The second-order valence-electron chi connectivity index (χ2n) is 2.56. The Labute approximate surface area is 78.9 Å². The van der Waals surface area contributed by atoms with Gasteiger partial charge in [-0.25, -0.2) is 9.97 Å². The summed E-state index contributed by atoms with van der Waals surface area (Å²) in [5.74, 6) is -0.0187. The normalized spacial score (nSPS) is 11.5. The Hall–Kier alpha value is -1.33. The van der Waals surface area contributed by atoms with Gasteiger partial charge in [-0.05, 0) is 6.42 Å². The molecule has 0 saturated heterocycles. The van der Waals surface area contributed by atoms with Crippen molar-refractivity contribution in [1.29, 1.82) is 0 Å². The van der Waals surface area contributed by atoms with Crippen LogP contribution in [-0.4, -0.2) is 17.1 Å². The summed E-state index contributed by atoms with van der Waals surface area (Å²) in [7, 11) is 1.28. The van der Waals surface area contributed by atoms with Crippen LogP contribution in [0.5, 0.6) is 5.88 Å². The quantitative estimate of drug-likeness (QED) is 0.742. The van der Waals surface area contributed by atoms with Gasteiger partial charge in [0.15, 0.2) is 5.69 Å². The van der Waals surface area contributed by atoms with Crippen LogP contribution in [0.3, 0.4) is 0 Å². The highest BCUT2D eigenvalue weighted by Crippen LogP contribution is 2.33. The van der Waals surface area contributed by atoms with Crippen LogP contribution in [0, 0.1) is 0 Å². The van der Waals surface area contributed by atoms with E-state index in [1.165, 1.54) is 7.11 Å². The first-order valence-electron chi connectivity index (χ1n) is 3.95. The van der Waals surface area contributed by atoms with Gasteiger partial charge in [-0.2, -0.15) is 13.2 Å². The van der Waals surface area contributed by atoms with Crippen molar-refractivity contribution in [2.75, 3.05) is 7.11 Å². The SMILES string of the molecule is CCc1c(OC)ncnc1C(F)(F)F. The predicted octanol–water partition coefficient (Wildman–Crippen LogP) is 2.07. The second-order valence-corrected chi connectivity index (χ2v) is 2.56. The number of aromatic nitrogens is 2. The van der Waals surface area contributed by atoms with Crippen LogP contribution in [0.15, 0.2) is 6.33 Å². The minimum Gasteiger partial charge on any atom is -0.481 e. The minimum atomic E-state index is -4.46. The van der Waals surface area contributed by atoms with E-state index in [1.54, 1.807) is 6.92 Å². The minimum absolute atomic E-state index is 0.0116. The fourth-order valence-electron chi connectivity index (χ4n) is 1.14. The van der Waals surface area contributed by atoms with E-state index in [4.69, 9.17) is 4.74 Å². The van der Waals surface area contributed by atoms with Gasteiger partial charge in [0.05, 0.1) is 7.11 Å². The molecule has 1 aromatic heterocycles. The molecule has 14 heavy (non-hydrogen) atoms. The van der Waals surface area contributed by atoms with Gasteiger partial charge in [0, 0.05) is 5.56 Å². The van der Waals surface area contributed by atoms with Crippen LogP contribution in [-0.2, 0) is 12.6 Å². The number of methoxy groups -OCH3 is 1. The van der Waals surface area contributed by atoms with E-state index in [0.29, 0.717) is 0 Å². The van der Waals surface area contributed by atoms with E-state index in [0.717, 1.165) is 6.33 Å². The first-order valence-corrected chi connectivity index (χ1v) is 3.95. The van der Waals surface area contributed by atoms with Gasteiger partial charge < -0.3 is 4.74 Å². The summed E-state index contributed by atoms with van der Waals surface area (Å²) in [4.78, 5) is 6.82. The van der Waals surface area contributed by atoms with E-state index in [1.807, 2.05) is 0 Å². The summed E-state index contributed by atoms with van der Waals surface area (Å²) in [6.07, 6.45) is -3.43. The fourth-order valence-corrected chi connectivity index (χ4v) is 1.14. The van der Waals surface area contributed by atoms with Crippen molar-refractivity contribution in [2.45, 2.75) is 19.5 Å². The van der Waals surface area contributed by atoms with Crippen LogP contribution >= 0.6 is 0 Å². The topological polar surface area (TPSA) is 35.0 Å². The molecule has 0 aliphatic heterocycles. The number of alkyl halides is 3. The molecule has 0 N–H and O–H groups in total. The largest absolute Gasteiger partial charge is 0.481 e. The zero-order valence-corrected chi connectivity index (χ0v) is 7.72. The lowest BCUT2D eigenvalue weighted by Crippen LogP contribution is -2.13. The molecule has 78 valence electrons. The summed E-state index contributed by atoms with van der Waals surface area (Å²) < 4.78 is 41.9. The summed E-state index contributed by atoms with van der Waals surface area (Å²) in [5, 5.41) is 0. The molecular weight excluding hydrogens is 197 g/mol. The molecule has 3 nitrogen and oxygen atoms in total. The molecule has 0 aromatic carbocycles. The Morgan fingerprint density at radius 2 is 2.00 bits per heavy atom. The van der Waals surface area contributed by atoms with Gasteiger partial charge in [-0.1, -0.05) is 6.92 Å². The number of nitrogens with zero attached hydrogens (tertiary/aromatic N) is 2. The highest BCUT2D eigenvalue weighted by Gasteiger charge is 2.36. The molecule has 0 saturated carbocycles. The predicted molar refractivity (Wildman–Crippen MR) is 43.0 cm³/mol. The average Bonchev–Trinajstić information content (AvgIpc) is 2.15. The van der Waals surface area contributed by atoms with E-state index in [2.05, 4.69) is 9.97 Å². The Kier molecular flexibility index (Phi) is 2.93. The van der Waals surface area contributed by atoms with E-state index >= 15 is 0 Å². The molecule has 6 heteroatoms. The highest BCUT2D eigenvalue weighted by molar-refractivity contribution is 5.31. The number of halogens is 3. The Bertz CT molecular complexity index is 325. The molecule has 0 atom stereocenters. The molecule has 0 spiro atoms. The molecule has 1 heterocycles. The van der Waals surface area contributed by atoms with Crippen molar-refractivity contribution >= 4 is 0 Å². The molecule has 0 radical (unpaired) electrons. The van der Waals surface area contributed by atoms with Gasteiger partial charge in [-0.3, -0.25) is 0 Å². The molecule has 0 fully saturated rings. The molecular formula is C8H9F3N2O. The Morgan fingerprint density at radius 1 is 1.36 bits per heavy atom. The summed E-state index contributed by atoms with van der Waals surface area (Å²) in [6.45, 7) is 1.59. The number of rotatable bonds is 2. The van der Waals surface area contributed by atoms with Gasteiger partial charge in [-0.15, -0.1) is 0 Å². The van der Waals surface area contributed by atoms with Crippen LogP contribution in [0.2, 0.25) is 0 Å². The van der Waals surface area contributed by atoms with Crippen LogP contribution in [0.25, 0.3) is 0 Å². The summed E-state index contributed by atoms with van der Waals surface area (Å²) in [5.41, 5.74) is -0.936. The van der Waals surface area contributed by atoms with Crippen molar-refractivity contribution in [3.63, 3.8) is 0 Å². The van der Waals surface area contributed by atoms with Gasteiger partial charge in [0.25, 0.3) is 0 Å². The Balaban J connectivity index is 3.29. The van der Waals surface area contributed by atoms with Gasteiger partial charge in [0.2, 0.25) is 5.88 Å². The van der Waals surface area contributed by atoms with Crippen LogP contribution in [0.4, 0.5) is 13.2 Å². The van der Waals surface area contributed by atoms with Gasteiger partial charge in [0.1, 0.15) is 6.33 Å². The lowest BCUT2D eigenvalue weighted by molar-refractivity contribution is -0.142.